The Labute approximate surface area is 136 Å². The van der Waals surface area contributed by atoms with Gasteiger partial charge in [-0.2, -0.15) is 0 Å². The van der Waals surface area contributed by atoms with Gasteiger partial charge in [-0.3, -0.25) is 14.7 Å². The van der Waals surface area contributed by atoms with Gasteiger partial charge in [-0.05, 0) is 44.5 Å². The highest BCUT2D eigenvalue weighted by Gasteiger charge is 2.14. The Morgan fingerprint density at radius 2 is 1.91 bits per heavy atom. The fourth-order valence-electron chi connectivity index (χ4n) is 2.83. The highest BCUT2D eigenvalue weighted by molar-refractivity contribution is 6.03. The number of nitrogens with one attached hydrogen (secondary N) is 1. The molecule has 2 heterocycles. The molecule has 5 nitrogen and oxygen atoms in total. The first kappa shape index (κ1) is 15.6. The van der Waals surface area contributed by atoms with E-state index in [0.717, 1.165) is 36.6 Å². The fraction of sp³-hybridized carbons (Fsp3) is 0.389. The Hall–Kier alpha value is -2.27. The molecule has 120 valence electrons. The molecule has 1 aliphatic rings. The van der Waals surface area contributed by atoms with Crippen molar-refractivity contribution in [2.45, 2.75) is 32.7 Å². The molecule has 3 rings (SSSR count). The third-order valence-electron chi connectivity index (χ3n) is 4.12. The van der Waals surface area contributed by atoms with Crippen LogP contribution in [-0.2, 0) is 6.54 Å². The average molecular weight is 310 g/mol. The van der Waals surface area contributed by atoms with Gasteiger partial charge in [0.25, 0.3) is 5.91 Å². The zero-order valence-electron chi connectivity index (χ0n) is 13.5. The molecule has 5 heteroatoms. The summed E-state index contributed by atoms with van der Waals surface area (Å²) in [4.78, 5) is 23.0. The Kier molecular flexibility index (Phi) is 4.98. The number of likely N-dealkylation sites (tertiary alicyclic amines) is 1. The summed E-state index contributed by atoms with van der Waals surface area (Å²) >= 11 is 0. The molecule has 0 aliphatic carbocycles. The van der Waals surface area contributed by atoms with Crippen LogP contribution in [0.3, 0.4) is 0 Å². The van der Waals surface area contributed by atoms with Gasteiger partial charge in [-0.1, -0.05) is 24.6 Å². The second-order valence-corrected chi connectivity index (χ2v) is 5.99. The number of carbonyl (C=O) groups is 1. The number of anilines is 1. The number of rotatable bonds is 4. The predicted molar refractivity (Wildman–Crippen MR) is 90.3 cm³/mol. The highest BCUT2D eigenvalue weighted by Crippen LogP contribution is 2.20. The summed E-state index contributed by atoms with van der Waals surface area (Å²) in [5, 5.41) is 2.97. The largest absolute Gasteiger partial charge is 0.320 e. The number of piperidine rings is 1. The van der Waals surface area contributed by atoms with E-state index in [0.29, 0.717) is 5.69 Å². The monoisotopic (exact) mass is 310 g/mol. The van der Waals surface area contributed by atoms with E-state index < -0.39 is 0 Å². The molecule has 1 amide bonds. The SMILES string of the molecule is Cc1cnc(C(=O)Nc2ccccc2CN2CCCCC2)cn1. The van der Waals surface area contributed by atoms with Gasteiger partial charge in [-0.25, -0.2) is 4.98 Å². The van der Waals surface area contributed by atoms with Gasteiger partial charge in [0.05, 0.1) is 11.9 Å². The van der Waals surface area contributed by atoms with Crippen LogP contribution in [0.5, 0.6) is 0 Å². The van der Waals surface area contributed by atoms with Gasteiger partial charge in [0.1, 0.15) is 5.69 Å². The molecule has 2 aromatic rings. The number of amides is 1. The van der Waals surface area contributed by atoms with E-state index in [-0.39, 0.29) is 5.91 Å². The molecule has 1 saturated heterocycles. The molecule has 0 saturated carbocycles. The minimum absolute atomic E-state index is 0.219. The quantitative estimate of drug-likeness (QED) is 0.943. The van der Waals surface area contributed by atoms with Gasteiger partial charge in [0.2, 0.25) is 0 Å². The van der Waals surface area contributed by atoms with Gasteiger partial charge in [0, 0.05) is 18.4 Å². The van der Waals surface area contributed by atoms with Gasteiger partial charge < -0.3 is 5.32 Å². The van der Waals surface area contributed by atoms with Crippen LogP contribution < -0.4 is 5.32 Å². The Balaban J connectivity index is 1.72. The van der Waals surface area contributed by atoms with Crippen molar-refractivity contribution >= 4 is 11.6 Å². The number of para-hydroxylation sites is 1. The lowest BCUT2D eigenvalue weighted by Gasteiger charge is -2.27. The Bertz CT molecular complexity index is 663. The molecule has 0 unspecified atom stereocenters. The predicted octanol–water partition coefficient (Wildman–Crippen LogP) is 3.02. The van der Waals surface area contributed by atoms with Crippen molar-refractivity contribution in [1.82, 2.24) is 14.9 Å². The normalized spacial score (nSPS) is 15.3. The molecule has 1 N–H and O–H groups in total. The van der Waals surface area contributed by atoms with Crippen LogP contribution in [0.4, 0.5) is 5.69 Å². The van der Waals surface area contributed by atoms with Crippen LogP contribution in [0.1, 0.15) is 41.0 Å². The topological polar surface area (TPSA) is 58.1 Å². The highest BCUT2D eigenvalue weighted by atomic mass is 16.1. The van der Waals surface area contributed by atoms with Gasteiger partial charge in [0.15, 0.2) is 0 Å². The van der Waals surface area contributed by atoms with Crippen LogP contribution in [0.15, 0.2) is 36.7 Å². The minimum Gasteiger partial charge on any atom is -0.320 e. The standard InChI is InChI=1S/C18H22N4O/c1-14-11-20-17(12-19-14)18(23)21-16-8-4-3-7-15(16)13-22-9-5-2-6-10-22/h3-4,7-8,11-12H,2,5-6,9-10,13H2,1H3,(H,21,23). The number of carbonyl (C=O) groups excluding carboxylic acids is 1. The summed E-state index contributed by atoms with van der Waals surface area (Å²) in [7, 11) is 0. The molecule has 0 spiro atoms. The number of hydrogen-bond donors (Lipinski definition) is 1. The van der Waals surface area contributed by atoms with Gasteiger partial charge in [-0.15, -0.1) is 0 Å². The molecule has 23 heavy (non-hydrogen) atoms. The van der Waals surface area contributed by atoms with E-state index in [1.165, 1.54) is 25.5 Å². The molecular formula is C18H22N4O. The van der Waals surface area contributed by atoms with Crippen LogP contribution in [0, 0.1) is 6.92 Å². The van der Waals surface area contributed by atoms with Crippen molar-refractivity contribution in [3.8, 4) is 0 Å². The summed E-state index contributed by atoms with van der Waals surface area (Å²) in [6.45, 7) is 4.98. The van der Waals surface area contributed by atoms with Crippen LogP contribution in [-0.4, -0.2) is 33.9 Å². The first-order valence-corrected chi connectivity index (χ1v) is 8.12. The lowest BCUT2D eigenvalue weighted by Crippen LogP contribution is -2.29. The molecule has 1 aliphatic heterocycles. The summed E-state index contributed by atoms with van der Waals surface area (Å²) in [6.07, 6.45) is 6.95. The Morgan fingerprint density at radius 1 is 1.13 bits per heavy atom. The second-order valence-electron chi connectivity index (χ2n) is 5.99. The molecule has 1 aromatic heterocycles. The van der Waals surface area contributed by atoms with E-state index in [1.807, 2.05) is 25.1 Å². The Morgan fingerprint density at radius 3 is 2.65 bits per heavy atom. The van der Waals surface area contributed by atoms with Crippen LogP contribution in [0.2, 0.25) is 0 Å². The van der Waals surface area contributed by atoms with Crippen molar-refractivity contribution in [3.63, 3.8) is 0 Å². The van der Waals surface area contributed by atoms with Crippen molar-refractivity contribution in [2.24, 2.45) is 0 Å². The van der Waals surface area contributed by atoms with E-state index in [1.54, 1.807) is 6.20 Å². The first-order chi connectivity index (χ1) is 11.2. The van der Waals surface area contributed by atoms with Gasteiger partial charge >= 0.3 is 0 Å². The maximum Gasteiger partial charge on any atom is 0.275 e. The smallest absolute Gasteiger partial charge is 0.275 e. The van der Waals surface area contributed by atoms with E-state index in [9.17, 15) is 4.79 Å². The van der Waals surface area contributed by atoms with Crippen molar-refractivity contribution in [3.05, 3.63) is 53.6 Å². The van der Waals surface area contributed by atoms with E-state index in [4.69, 9.17) is 0 Å². The third kappa shape index (κ3) is 4.13. The van der Waals surface area contributed by atoms with Crippen LogP contribution in [0.25, 0.3) is 0 Å². The zero-order valence-corrected chi connectivity index (χ0v) is 13.5. The van der Waals surface area contributed by atoms with E-state index in [2.05, 4.69) is 26.3 Å². The molecular weight excluding hydrogens is 288 g/mol. The lowest BCUT2D eigenvalue weighted by atomic mass is 10.1. The maximum atomic E-state index is 12.3. The fourth-order valence-corrected chi connectivity index (χ4v) is 2.83. The summed E-state index contributed by atoms with van der Waals surface area (Å²) < 4.78 is 0. The molecule has 0 radical (unpaired) electrons. The first-order valence-electron chi connectivity index (χ1n) is 8.12. The van der Waals surface area contributed by atoms with E-state index >= 15 is 0 Å². The number of benzene rings is 1. The minimum atomic E-state index is -0.219. The summed E-state index contributed by atoms with van der Waals surface area (Å²) in [5.41, 5.74) is 3.13. The second kappa shape index (κ2) is 7.33. The number of nitrogens with zero attached hydrogens (tertiary/aromatic N) is 3. The molecule has 1 aromatic carbocycles. The lowest BCUT2D eigenvalue weighted by molar-refractivity contribution is 0.102. The summed E-state index contributed by atoms with van der Waals surface area (Å²) in [6, 6.07) is 7.97. The summed E-state index contributed by atoms with van der Waals surface area (Å²) in [5.74, 6) is -0.219. The third-order valence-corrected chi connectivity index (χ3v) is 4.12. The molecule has 0 atom stereocenters. The maximum absolute atomic E-state index is 12.3. The molecule has 0 bridgehead atoms. The average Bonchev–Trinajstić information content (AvgIpc) is 2.58. The van der Waals surface area contributed by atoms with Crippen molar-refractivity contribution < 1.29 is 4.79 Å². The molecule has 1 fully saturated rings. The van der Waals surface area contributed by atoms with Crippen molar-refractivity contribution in [2.75, 3.05) is 18.4 Å². The number of aromatic nitrogens is 2. The van der Waals surface area contributed by atoms with Crippen molar-refractivity contribution in [1.29, 1.82) is 0 Å². The number of aryl methyl sites for hydroxylation is 1. The zero-order chi connectivity index (χ0) is 16.1. The number of hydrogen-bond acceptors (Lipinski definition) is 4. The van der Waals surface area contributed by atoms with Crippen LogP contribution >= 0.6 is 0 Å².